The second-order valence-corrected chi connectivity index (χ2v) is 4.95. The molecule has 3 rings (SSSR count). The summed E-state index contributed by atoms with van der Waals surface area (Å²) in [6, 6.07) is 2.40. The molecule has 94 valence electrons. The Morgan fingerprint density at radius 1 is 1.44 bits per heavy atom. The van der Waals surface area contributed by atoms with E-state index in [1.54, 1.807) is 0 Å². The topological polar surface area (TPSA) is 73.8 Å². The molecule has 5 heteroatoms. The Morgan fingerprint density at radius 3 is 3.17 bits per heavy atom. The Labute approximate surface area is 105 Å². The fourth-order valence-electron chi connectivity index (χ4n) is 2.94. The van der Waals surface area contributed by atoms with Crippen LogP contribution in [0.3, 0.4) is 0 Å². The molecule has 1 unspecified atom stereocenters. The number of anilines is 1. The zero-order chi connectivity index (χ0) is 12.5. The number of aromatic nitrogens is 3. The van der Waals surface area contributed by atoms with E-state index < -0.39 is 0 Å². The van der Waals surface area contributed by atoms with Gasteiger partial charge in [0.05, 0.1) is 5.39 Å². The monoisotopic (exact) mass is 244 g/mol. The summed E-state index contributed by atoms with van der Waals surface area (Å²) in [6.45, 7) is 0. The third kappa shape index (κ3) is 1.75. The molecule has 0 aliphatic heterocycles. The minimum atomic E-state index is 0.432. The minimum absolute atomic E-state index is 0.432. The maximum atomic E-state index is 10.6. The summed E-state index contributed by atoms with van der Waals surface area (Å²) in [5.41, 5.74) is 6.73. The van der Waals surface area contributed by atoms with Crippen LogP contribution in [0.25, 0.3) is 11.0 Å². The molecule has 1 aliphatic carbocycles. The summed E-state index contributed by atoms with van der Waals surface area (Å²) in [5.74, 6) is 1.05. The summed E-state index contributed by atoms with van der Waals surface area (Å²) in [6.07, 6.45) is 8.51. The number of rotatable bonds is 3. The molecule has 2 aromatic heterocycles. The lowest BCUT2D eigenvalue weighted by molar-refractivity contribution is -0.108. The first-order valence-electron chi connectivity index (χ1n) is 6.30. The van der Waals surface area contributed by atoms with Gasteiger partial charge in [0, 0.05) is 18.7 Å². The van der Waals surface area contributed by atoms with Crippen molar-refractivity contribution in [1.82, 2.24) is 14.5 Å². The second-order valence-electron chi connectivity index (χ2n) is 4.95. The lowest BCUT2D eigenvalue weighted by atomic mass is 10.1. The molecule has 2 heterocycles. The Balaban J connectivity index is 1.91. The summed E-state index contributed by atoms with van der Waals surface area (Å²) in [4.78, 5) is 18.9. The van der Waals surface area contributed by atoms with Gasteiger partial charge in [0.1, 0.15) is 24.1 Å². The highest BCUT2D eigenvalue weighted by Gasteiger charge is 2.26. The molecule has 0 spiro atoms. The van der Waals surface area contributed by atoms with Gasteiger partial charge in [-0.1, -0.05) is 0 Å². The van der Waals surface area contributed by atoms with Gasteiger partial charge in [-0.05, 0) is 31.2 Å². The number of hydrogen-bond acceptors (Lipinski definition) is 4. The lowest BCUT2D eigenvalue weighted by Crippen LogP contribution is -2.06. The molecular weight excluding hydrogens is 228 g/mol. The maximum absolute atomic E-state index is 10.6. The first-order chi connectivity index (χ1) is 8.79. The molecule has 1 saturated carbocycles. The van der Waals surface area contributed by atoms with E-state index >= 15 is 0 Å². The van der Waals surface area contributed by atoms with E-state index in [4.69, 9.17) is 5.73 Å². The van der Waals surface area contributed by atoms with Crippen molar-refractivity contribution >= 4 is 23.1 Å². The minimum Gasteiger partial charge on any atom is -0.383 e. The molecule has 0 saturated heterocycles. The number of hydrogen-bond donors (Lipinski definition) is 1. The van der Waals surface area contributed by atoms with Crippen LogP contribution in [0.5, 0.6) is 0 Å². The molecule has 0 amide bonds. The number of carbonyl (C=O) groups excluding carboxylic acids is 1. The standard InChI is InChI=1S/C13H16N4O/c14-12-11-3-5-17(13(11)16-8-15-12)10-2-1-9(7-10)4-6-18/h3,5-6,8-10H,1-2,4,7H2,(H2,14,15,16)/t9-,10?/m1/s1. The number of carbonyl (C=O) groups is 1. The lowest BCUT2D eigenvalue weighted by Gasteiger charge is -2.13. The highest BCUT2D eigenvalue weighted by atomic mass is 16.1. The van der Waals surface area contributed by atoms with Gasteiger partial charge >= 0.3 is 0 Å². The molecule has 5 nitrogen and oxygen atoms in total. The molecule has 1 fully saturated rings. The average Bonchev–Trinajstić information content (AvgIpc) is 2.96. The van der Waals surface area contributed by atoms with Gasteiger partial charge < -0.3 is 15.1 Å². The molecule has 0 radical (unpaired) electrons. The van der Waals surface area contributed by atoms with Crippen LogP contribution in [0.4, 0.5) is 5.82 Å². The SMILES string of the molecule is Nc1ncnc2c1ccn2C1CC[C@H](CC=O)C1. The summed E-state index contributed by atoms with van der Waals surface area (Å²) < 4.78 is 2.18. The fraction of sp³-hybridized carbons (Fsp3) is 0.462. The summed E-state index contributed by atoms with van der Waals surface area (Å²) in [5, 5.41) is 0.913. The molecule has 0 bridgehead atoms. The molecule has 2 N–H and O–H groups in total. The zero-order valence-corrected chi connectivity index (χ0v) is 10.1. The smallest absolute Gasteiger partial charge is 0.145 e. The van der Waals surface area contributed by atoms with Crippen LogP contribution >= 0.6 is 0 Å². The fourth-order valence-corrected chi connectivity index (χ4v) is 2.94. The third-order valence-electron chi connectivity index (χ3n) is 3.88. The van der Waals surface area contributed by atoms with E-state index in [-0.39, 0.29) is 0 Å². The first kappa shape index (κ1) is 11.2. The Hall–Kier alpha value is -1.91. The van der Waals surface area contributed by atoms with Crippen molar-refractivity contribution in [3.05, 3.63) is 18.6 Å². The number of nitrogens with zero attached hydrogens (tertiary/aromatic N) is 3. The van der Waals surface area contributed by atoms with E-state index in [1.165, 1.54) is 6.33 Å². The quantitative estimate of drug-likeness (QED) is 0.837. The van der Waals surface area contributed by atoms with Gasteiger partial charge in [-0.25, -0.2) is 9.97 Å². The Morgan fingerprint density at radius 2 is 2.33 bits per heavy atom. The van der Waals surface area contributed by atoms with Crippen LogP contribution in [-0.4, -0.2) is 20.8 Å². The van der Waals surface area contributed by atoms with Crippen LogP contribution < -0.4 is 5.73 Å². The second kappa shape index (κ2) is 4.40. The maximum Gasteiger partial charge on any atom is 0.145 e. The predicted octanol–water partition coefficient (Wildman–Crippen LogP) is 1.94. The normalized spacial score (nSPS) is 23.6. The average molecular weight is 244 g/mol. The molecule has 1 aliphatic rings. The van der Waals surface area contributed by atoms with E-state index in [0.717, 1.165) is 36.6 Å². The van der Waals surface area contributed by atoms with Crippen molar-refractivity contribution in [1.29, 1.82) is 0 Å². The molecule has 0 aromatic carbocycles. The summed E-state index contributed by atoms with van der Waals surface area (Å²) >= 11 is 0. The van der Waals surface area contributed by atoms with Gasteiger partial charge in [-0.15, -0.1) is 0 Å². The van der Waals surface area contributed by atoms with Crippen molar-refractivity contribution in [2.75, 3.05) is 5.73 Å². The van der Waals surface area contributed by atoms with E-state index in [0.29, 0.717) is 24.2 Å². The van der Waals surface area contributed by atoms with Crippen LogP contribution in [0, 0.1) is 5.92 Å². The number of nitrogens with two attached hydrogens (primary N) is 1. The first-order valence-corrected chi connectivity index (χ1v) is 6.30. The van der Waals surface area contributed by atoms with Crippen LogP contribution in [0.2, 0.25) is 0 Å². The molecule has 2 atom stereocenters. The zero-order valence-electron chi connectivity index (χ0n) is 10.1. The van der Waals surface area contributed by atoms with Crippen molar-refractivity contribution in [2.45, 2.75) is 31.7 Å². The highest BCUT2D eigenvalue weighted by molar-refractivity contribution is 5.86. The molecule has 18 heavy (non-hydrogen) atoms. The Kier molecular flexibility index (Phi) is 2.74. The highest BCUT2D eigenvalue weighted by Crippen LogP contribution is 2.37. The molecule has 2 aromatic rings. The van der Waals surface area contributed by atoms with Gasteiger partial charge in [-0.2, -0.15) is 0 Å². The van der Waals surface area contributed by atoms with Gasteiger partial charge in [0.2, 0.25) is 0 Å². The van der Waals surface area contributed by atoms with Crippen molar-refractivity contribution < 1.29 is 4.79 Å². The van der Waals surface area contributed by atoms with Crippen LogP contribution in [-0.2, 0) is 4.79 Å². The molecular formula is C13H16N4O. The van der Waals surface area contributed by atoms with E-state index in [2.05, 4.69) is 14.5 Å². The largest absolute Gasteiger partial charge is 0.383 e. The van der Waals surface area contributed by atoms with Gasteiger partial charge in [-0.3, -0.25) is 0 Å². The van der Waals surface area contributed by atoms with E-state index in [1.807, 2.05) is 12.3 Å². The van der Waals surface area contributed by atoms with E-state index in [9.17, 15) is 4.79 Å². The summed E-state index contributed by atoms with van der Waals surface area (Å²) in [7, 11) is 0. The Bertz CT molecular complexity index is 577. The van der Waals surface area contributed by atoms with Gasteiger partial charge in [0.15, 0.2) is 0 Å². The van der Waals surface area contributed by atoms with Crippen molar-refractivity contribution in [3.63, 3.8) is 0 Å². The predicted molar refractivity (Wildman–Crippen MR) is 69.0 cm³/mol. The third-order valence-corrected chi connectivity index (χ3v) is 3.88. The number of nitrogen functional groups attached to an aromatic ring is 1. The number of aldehydes is 1. The van der Waals surface area contributed by atoms with Crippen LogP contribution in [0.1, 0.15) is 31.7 Å². The van der Waals surface area contributed by atoms with Crippen molar-refractivity contribution in [3.8, 4) is 0 Å². The van der Waals surface area contributed by atoms with Crippen LogP contribution in [0.15, 0.2) is 18.6 Å². The number of fused-ring (bicyclic) bond motifs is 1. The van der Waals surface area contributed by atoms with Gasteiger partial charge in [0.25, 0.3) is 0 Å². The van der Waals surface area contributed by atoms with Crippen molar-refractivity contribution in [2.24, 2.45) is 5.92 Å².